The van der Waals surface area contributed by atoms with Crippen LogP contribution in [-0.4, -0.2) is 24.1 Å². The van der Waals surface area contributed by atoms with Gasteiger partial charge in [-0.15, -0.1) is 0 Å². The van der Waals surface area contributed by atoms with Crippen molar-refractivity contribution in [3.63, 3.8) is 0 Å². The highest BCUT2D eigenvalue weighted by molar-refractivity contribution is 6.31. The quantitative estimate of drug-likeness (QED) is 0.420. The van der Waals surface area contributed by atoms with Crippen molar-refractivity contribution in [2.45, 2.75) is 26.8 Å². The van der Waals surface area contributed by atoms with E-state index in [4.69, 9.17) is 26.6 Å². The van der Waals surface area contributed by atoms with Crippen LogP contribution in [-0.2, 0) is 6.54 Å². The second-order valence-electron chi connectivity index (χ2n) is 7.13. The molecule has 8 heteroatoms. The van der Waals surface area contributed by atoms with Gasteiger partial charge >= 0.3 is 0 Å². The van der Waals surface area contributed by atoms with E-state index in [-0.39, 0.29) is 10.6 Å². The topological polar surface area (TPSA) is 65.6 Å². The first-order chi connectivity index (χ1) is 14.5. The van der Waals surface area contributed by atoms with Gasteiger partial charge in [-0.25, -0.2) is 19.3 Å². The molecule has 0 bridgehead atoms. The Labute approximate surface area is 175 Å². The Balaban J connectivity index is 2.01. The number of rotatable bonds is 3. The zero-order chi connectivity index (χ0) is 21.0. The number of aromatic nitrogens is 5. The first kappa shape index (κ1) is 18.7. The number of fused-ring (bicyclic) bond motifs is 4. The van der Waals surface area contributed by atoms with Crippen LogP contribution in [0.15, 0.2) is 47.3 Å². The van der Waals surface area contributed by atoms with Crippen LogP contribution in [0.1, 0.15) is 19.2 Å². The minimum absolute atomic E-state index is 0.0210. The molecule has 0 unspecified atom stereocenters. The van der Waals surface area contributed by atoms with Crippen LogP contribution in [0, 0.1) is 12.7 Å². The third-order valence-electron chi connectivity index (χ3n) is 5.16. The SMILES string of the molecule is CCCn1c(C)nc2c(c1=O)c1nc3ccccc3nc1n2-c1ccc(F)c(Cl)c1. The minimum atomic E-state index is -0.521. The average Bonchev–Trinajstić information content (AvgIpc) is 3.04. The van der Waals surface area contributed by atoms with Crippen molar-refractivity contribution >= 4 is 44.8 Å². The van der Waals surface area contributed by atoms with E-state index in [0.29, 0.717) is 51.3 Å². The zero-order valence-corrected chi connectivity index (χ0v) is 17.1. The maximum Gasteiger partial charge on any atom is 0.265 e. The van der Waals surface area contributed by atoms with Crippen LogP contribution in [0.5, 0.6) is 0 Å². The van der Waals surface area contributed by atoms with Gasteiger partial charge in [0.05, 0.1) is 21.7 Å². The van der Waals surface area contributed by atoms with E-state index in [1.54, 1.807) is 22.1 Å². The Bertz CT molecular complexity index is 1520. The van der Waals surface area contributed by atoms with Crippen molar-refractivity contribution in [3.8, 4) is 5.69 Å². The summed E-state index contributed by atoms with van der Waals surface area (Å²) in [6, 6.07) is 11.8. The van der Waals surface area contributed by atoms with E-state index in [1.165, 1.54) is 12.1 Å². The number of hydrogen-bond donors (Lipinski definition) is 0. The molecule has 5 aromatic rings. The molecule has 0 amide bonds. The first-order valence-corrected chi connectivity index (χ1v) is 10.0. The van der Waals surface area contributed by atoms with Crippen LogP contribution in [0.4, 0.5) is 4.39 Å². The van der Waals surface area contributed by atoms with Crippen LogP contribution in [0.25, 0.3) is 38.9 Å². The molecule has 0 saturated heterocycles. The molecule has 3 aromatic heterocycles. The smallest absolute Gasteiger partial charge is 0.265 e. The van der Waals surface area contributed by atoms with Crippen LogP contribution < -0.4 is 5.56 Å². The average molecular weight is 422 g/mol. The molecular weight excluding hydrogens is 405 g/mol. The lowest BCUT2D eigenvalue weighted by Gasteiger charge is -2.10. The van der Waals surface area contributed by atoms with Crippen molar-refractivity contribution in [1.82, 2.24) is 24.1 Å². The number of nitrogens with zero attached hydrogens (tertiary/aromatic N) is 5. The van der Waals surface area contributed by atoms with E-state index in [2.05, 4.69) is 0 Å². The van der Waals surface area contributed by atoms with Gasteiger partial charge in [0.1, 0.15) is 22.5 Å². The molecule has 6 nitrogen and oxygen atoms in total. The summed E-state index contributed by atoms with van der Waals surface area (Å²) in [4.78, 5) is 27.6. The summed E-state index contributed by atoms with van der Waals surface area (Å²) in [6.45, 7) is 4.37. The second-order valence-corrected chi connectivity index (χ2v) is 7.54. The van der Waals surface area contributed by atoms with Crippen LogP contribution in [0.3, 0.4) is 0 Å². The molecule has 0 aliphatic carbocycles. The highest BCUT2D eigenvalue weighted by Crippen LogP contribution is 2.30. The summed E-state index contributed by atoms with van der Waals surface area (Å²) < 4.78 is 17.2. The molecule has 0 aliphatic rings. The Morgan fingerprint density at radius 2 is 1.77 bits per heavy atom. The molecule has 30 heavy (non-hydrogen) atoms. The van der Waals surface area contributed by atoms with E-state index in [1.807, 2.05) is 31.2 Å². The maximum absolute atomic E-state index is 13.8. The molecule has 0 radical (unpaired) electrons. The summed E-state index contributed by atoms with van der Waals surface area (Å²) in [5.41, 5.74) is 3.14. The normalized spacial score (nSPS) is 11.7. The lowest BCUT2D eigenvalue weighted by Crippen LogP contribution is -2.24. The Kier molecular flexibility index (Phi) is 4.29. The summed E-state index contributed by atoms with van der Waals surface area (Å²) in [7, 11) is 0. The van der Waals surface area contributed by atoms with Gasteiger partial charge in [0, 0.05) is 6.54 Å². The van der Waals surface area contributed by atoms with Crippen LogP contribution in [0.2, 0.25) is 5.02 Å². The van der Waals surface area contributed by atoms with Crippen LogP contribution >= 0.6 is 11.6 Å². The van der Waals surface area contributed by atoms with Gasteiger partial charge in [0.15, 0.2) is 11.3 Å². The molecule has 0 N–H and O–H groups in total. The van der Waals surface area contributed by atoms with E-state index >= 15 is 0 Å². The van der Waals surface area contributed by atoms with Gasteiger partial charge in [-0.3, -0.25) is 13.9 Å². The Morgan fingerprint density at radius 1 is 1.03 bits per heavy atom. The fraction of sp³-hybridized carbons (Fsp3) is 0.182. The van der Waals surface area contributed by atoms with E-state index in [0.717, 1.165) is 6.42 Å². The molecule has 3 heterocycles. The van der Waals surface area contributed by atoms with Crippen molar-refractivity contribution in [2.75, 3.05) is 0 Å². The van der Waals surface area contributed by atoms with Crippen molar-refractivity contribution in [1.29, 1.82) is 0 Å². The molecule has 0 spiro atoms. The van der Waals surface area contributed by atoms with Crippen molar-refractivity contribution in [2.24, 2.45) is 0 Å². The standard InChI is InChI=1S/C22H17ClFN5O/c1-3-10-28-12(2)25-20-18(22(28)30)19-21(27-17-7-5-4-6-16(17)26-19)29(20)13-8-9-15(24)14(23)11-13/h4-9,11H,3,10H2,1-2H3. The third kappa shape index (κ3) is 2.69. The van der Waals surface area contributed by atoms with Gasteiger partial charge in [-0.2, -0.15) is 0 Å². The predicted molar refractivity (Wildman–Crippen MR) is 116 cm³/mol. The lowest BCUT2D eigenvalue weighted by atomic mass is 10.3. The predicted octanol–water partition coefficient (Wildman–Crippen LogP) is 4.79. The number of hydrogen-bond acceptors (Lipinski definition) is 4. The highest BCUT2D eigenvalue weighted by atomic mass is 35.5. The number of para-hydroxylation sites is 2. The second kappa shape index (κ2) is 6.88. The molecule has 0 fully saturated rings. The first-order valence-electron chi connectivity index (χ1n) is 9.63. The monoisotopic (exact) mass is 421 g/mol. The molecule has 0 aliphatic heterocycles. The van der Waals surface area contributed by atoms with Gasteiger partial charge in [-0.05, 0) is 43.7 Å². The third-order valence-corrected chi connectivity index (χ3v) is 5.45. The van der Waals surface area contributed by atoms with Crippen molar-refractivity contribution in [3.05, 3.63) is 69.5 Å². The molecule has 150 valence electrons. The Morgan fingerprint density at radius 3 is 2.47 bits per heavy atom. The minimum Gasteiger partial charge on any atom is -0.296 e. The maximum atomic E-state index is 13.8. The fourth-order valence-electron chi connectivity index (χ4n) is 3.79. The zero-order valence-electron chi connectivity index (χ0n) is 16.4. The number of halogens is 2. The summed E-state index contributed by atoms with van der Waals surface area (Å²) in [5.74, 6) is 0.0725. The largest absolute Gasteiger partial charge is 0.296 e. The number of aryl methyl sites for hydroxylation is 1. The van der Waals surface area contributed by atoms with Gasteiger partial charge in [0.2, 0.25) is 0 Å². The lowest BCUT2D eigenvalue weighted by molar-refractivity contribution is 0.624. The molecular formula is C22H17ClFN5O. The molecule has 0 saturated carbocycles. The van der Waals surface area contributed by atoms with Gasteiger partial charge in [-0.1, -0.05) is 30.7 Å². The summed E-state index contributed by atoms with van der Waals surface area (Å²) >= 11 is 6.05. The van der Waals surface area contributed by atoms with E-state index in [9.17, 15) is 9.18 Å². The fourth-order valence-corrected chi connectivity index (χ4v) is 3.96. The van der Waals surface area contributed by atoms with Gasteiger partial charge < -0.3 is 0 Å². The van der Waals surface area contributed by atoms with E-state index < -0.39 is 5.82 Å². The summed E-state index contributed by atoms with van der Waals surface area (Å²) in [5, 5.41) is 0.370. The number of benzene rings is 2. The highest BCUT2D eigenvalue weighted by Gasteiger charge is 2.22. The molecule has 2 aromatic carbocycles. The van der Waals surface area contributed by atoms with Gasteiger partial charge in [0.25, 0.3) is 5.56 Å². The molecule has 0 atom stereocenters. The van der Waals surface area contributed by atoms with Crippen molar-refractivity contribution < 1.29 is 4.39 Å². The Hall–Kier alpha value is -3.32. The summed E-state index contributed by atoms with van der Waals surface area (Å²) in [6.07, 6.45) is 0.800. The molecule has 5 rings (SSSR count).